The Hall–Kier alpha value is -1.26. The second kappa shape index (κ2) is 8.02. The lowest BCUT2D eigenvalue weighted by Gasteiger charge is -2.32. The van der Waals surface area contributed by atoms with E-state index in [4.69, 9.17) is 5.73 Å². The van der Waals surface area contributed by atoms with Crippen molar-refractivity contribution < 1.29 is 9.59 Å². The molecule has 3 N–H and O–H groups in total. The number of hydrogen-bond donors (Lipinski definition) is 2. The number of nitrogens with two attached hydrogens (primary N) is 1. The molecular weight excluding hydrogens is 242 g/mol. The maximum atomic E-state index is 12.0. The Balaban J connectivity index is 2.26. The van der Waals surface area contributed by atoms with E-state index in [9.17, 15) is 9.59 Å². The van der Waals surface area contributed by atoms with Crippen LogP contribution in [-0.2, 0) is 4.79 Å². The third-order valence-corrected chi connectivity index (χ3v) is 4.09. The van der Waals surface area contributed by atoms with Crippen molar-refractivity contribution in [1.29, 1.82) is 0 Å². The van der Waals surface area contributed by atoms with E-state index in [2.05, 4.69) is 19.2 Å². The van der Waals surface area contributed by atoms with Gasteiger partial charge in [0.05, 0.1) is 0 Å². The predicted molar refractivity (Wildman–Crippen MR) is 75.6 cm³/mol. The molecule has 110 valence electrons. The number of piperidine rings is 1. The number of hydrogen-bond acceptors (Lipinski definition) is 2. The van der Waals surface area contributed by atoms with Crippen molar-refractivity contribution in [1.82, 2.24) is 10.2 Å². The summed E-state index contributed by atoms with van der Waals surface area (Å²) in [5.74, 6) is 0.675. The molecule has 0 aromatic carbocycles. The zero-order chi connectivity index (χ0) is 14.3. The van der Waals surface area contributed by atoms with Crippen LogP contribution in [0, 0.1) is 11.8 Å². The molecule has 0 unspecified atom stereocenters. The molecule has 5 heteroatoms. The van der Waals surface area contributed by atoms with Crippen LogP contribution in [0.5, 0.6) is 0 Å². The fourth-order valence-electron chi connectivity index (χ4n) is 2.55. The molecule has 0 bridgehead atoms. The Bertz CT molecular complexity index is 295. The Labute approximate surface area is 115 Å². The van der Waals surface area contributed by atoms with Gasteiger partial charge in [0.1, 0.15) is 0 Å². The second-order valence-corrected chi connectivity index (χ2v) is 5.47. The molecule has 0 radical (unpaired) electrons. The van der Waals surface area contributed by atoms with Crippen molar-refractivity contribution in [2.75, 3.05) is 19.6 Å². The topological polar surface area (TPSA) is 75.4 Å². The van der Waals surface area contributed by atoms with Crippen molar-refractivity contribution in [3.8, 4) is 0 Å². The number of primary amides is 1. The predicted octanol–water partition coefficient (Wildman–Crippen LogP) is 1.72. The van der Waals surface area contributed by atoms with Crippen molar-refractivity contribution in [2.45, 2.75) is 46.0 Å². The molecule has 0 saturated carbocycles. The van der Waals surface area contributed by atoms with Crippen LogP contribution in [0.4, 0.5) is 4.79 Å². The van der Waals surface area contributed by atoms with Gasteiger partial charge in [-0.15, -0.1) is 0 Å². The van der Waals surface area contributed by atoms with Gasteiger partial charge >= 0.3 is 6.03 Å². The van der Waals surface area contributed by atoms with Crippen LogP contribution in [0.15, 0.2) is 0 Å². The summed E-state index contributed by atoms with van der Waals surface area (Å²) < 4.78 is 0. The normalized spacial score (nSPS) is 16.7. The standard InChI is InChI=1S/C14H27N3O2/c1-3-11(4-2)10-16-14(19)17-7-5-12(6-8-17)9-13(15)18/h11-12H,3-10H2,1-2H3,(H2,15,18)(H,16,19). The Kier molecular flexibility index (Phi) is 6.67. The maximum absolute atomic E-state index is 12.0. The van der Waals surface area contributed by atoms with Gasteiger partial charge in [-0.25, -0.2) is 4.79 Å². The van der Waals surface area contributed by atoms with Gasteiger partial charge in [-0.2, -0.15) is 0 Å². The Morgan fingerprint density at radius 2 is 1.84 bits per heavy atom. The van der Waals surface area contributed by atoms with E-state index in [1.807, 2.05) is 4.90 Å². The highest BCUT2D eigenvalue weighted by Crippen LogP contribution is 2.20. The largest absolute Gasteiger partial charge is 0.370 e. The first-order valence-electron chi connectivity index (χ1n) is 7.37. The molecule has 1 fully saturated rings. The highest BCUT2D eigenvalue weighted by Gasteiger charge is 2.23. The zero-order valence-corrected chi connectivity index (χ0v) is 12.2. The molecule has 1 rings (SSSR count). The van der Waals surface area contributed by atoms with E-state index in [-0.39, 0.29) is 11.9 Å². The SMILES string of the molecule is CCC(CC)CNC(=O)N1CCC(CC(N)=O)CC1. The third-order valence-electron chi connectivity index (χ3n) is 4.09. The van der Waals surface area contributed by atoms with Crippen molar-refractivity contribution in [3.63, 3.8) is 0 Å². The van der Waals surface area contributed by atoms with Crippen LogP contribution in [-0.4, -0.2) is 36.5 Å². The number of urea groups is 1. The van der Waals surface area contributed by atoms with E-state index < -0.39 is 0 Å². The Morgan fingerprint density at radius 3 is 2.32 bits per heavy atom. The van der Waals surface area contributed by atoms with E-state index in [0.29, 0.717) is 18.3 Å². The molecule has 5 nitrogen and oxygen atoms in total. The van der Waals surface area contributed by atoms with E-state index in [1.54, 1.807) is 0 Å². The maximum Gasteiger partial charge on any atom is 0.317 e. The summed E-state index contributed by atoms with van der Waals surface area (Å²) in [6.45, 7) is 6.51. The molecule has 0 aromatic heterocycles. The zero-order valence-electron chi connectivity index (χ0n) is 12.2. The molecular formula is C14H27N3O2. The van der Waals surface area contributed by atoms with Gasteiger partial charge in [0, 0.05) is 26.1 Å². The minimum atomic E-state index is -0.239. The highest BCUT2D eigenvalue weighted by atomic mass is 16.2. The number of carbonyl (C=O) groups is 2. The number of carbonyl (C=O) groups excluding carboxylic acids is 2. The van der Waals surface area contributed by atoms with Gasteiger partial charge in [-0.1, -0.05) is 26.7 Å². The van der Waals surface area contributed by atoms with Crippen molar-refractivity contribution in [2.24, 2.45) is 17.6 Å². The highest BCUT2D eigenvalue weighted by molar-refractivity contribution is 5.75. The molecule has 1 heterocycles. The van der Waals surface area contributed by atoms with E-state index in [1.165, 1.54) is 0 Å². The lowest BCUT2D eigenvalue weighted by Crippen LogP contribution is -2.46. The molecule has 19 heavy (non-hydrogen) atoms. The van der Waals surface area contributed by atoms with Crippen LogP contribution in [0.3, 0.4) is 0 Å². The summed E-state index contributed by atoms with van der Waals surface area (Å²) in [7, 11) is 0. The van der Waals surface area contributed by atoms with Gasteiger partial charge in [0.2, 0.25) is 5.91 Å². The van der Waals surface area contributed by atoms with Crippen molar-refractivity contribution in [3.05, 3.63) is 0 Å². The Morgan fingerprint density at radius 1 is 1.26 bits per heavy atom. The lowest BCUT2D eigenvalue weighted by atomic mass is 9.93. The average Bonchev–Trinajstić information content (AvgIpc) is 2.39. The monoisotopic (exact) mass is 269 g/mol. The molecule has 1 aliphatic rings. The number of rotatable bonds is 6. The number of likely N-dealkylation sites (tertiary alicyclic amines) is 1. The van der Waals surface area contributed by atoms with Crippen LogP contribution >= 0.6 is 0 Å². The van der Waals surface area contributed by atoms with Crippen molar-refractivity contribution >= 4 is 11.9 Å². The summed E-state index contributed by atoms with van der Waals surface area (Å²) in [5.41, 5.74) is 5.20. The van der Waals surface area contributed by atoms with E-state index in [0.717, 1.165) is 45.3 Å². The van der Waals surface area contributed by atoms with Gasteiger partial charge in [-0.3, -0.25) is 4.79 Å². The van der Waals surface area contributed by atoms with Gasteiger partial charge in [-0.05, 0) is 24.7 Å². The van der Waals surface area contributed by atoms with Crippen LogP contribution in [0.25, 0.3) is 0 Å². The first kappa shape index (κ1) is 15.8. The molecule has 3 amide bonds. The van der Waals surface area contributed by atoms with Crippen LogP contribution in [0.1, 0.15) is 46.0 Å². The molecule has 1 aliphatic heterocycles. The summed E-state index contributed by atoms with van der Waals surface area (Å²) in [4.78, 5) is 24.7. The van der Waals surface area contributed by atoms with Gasteiger partial charge in [0.15, 0.2) is 0 Å². The lowest BCUT2D eigenvalue weighted by molar-refractivity contribution is -0.119. The molecule has 1 saturated heterocycles. The van der Waals surface area contributed by atoms with E-state index >= 15 is 0 Å². The fourth-order valence-corrected chi connectivity index (χ4v) is 2.55. The summed E-state index contributed by atoms with van der Waals surface area (Å²) in [6, 6.07) is 0.0319. The summed E-state index contributed by atoms with van der Waals surface area (Å²) >= 11 is 0. The number of amides is 3. The first-order valence-corrected chi connectivity index (χ1v) is 7.37. The molecule has 0 aliphatic carbocycles. The molecule has 0 aromatic rings. The smallest absolute Gasteiger partial charge is 0.317 e. The minimum Gasteiger partial charge on any atom is -0.370 e. The fraction of sp³-hybridized carbons (Fsp3) is 0.857. The summed E-state index contributed by atoms with van der Waals surface area (Å²) in [6.07, 6.45) is 4.39. The average molecular weight is 269 g/mol. The summed E-state index contributed by atoms with van der Waals surface area (Å²) in [5, 5.41) is 3.01. The minimum absolute atomic E-state index is 0.0319. The number of nitrogens with one attached hydrogen (secondary N) is 1. The molecule has 0 spiro atoms. The quantitative estimate of drug-likeness (QED) is 0.770. The first-order chi connectivity index (χ1) is 9.06. The number of nitrogens with zero attached hydrogens (tertiary/aromatic N) is 1. The third kappa shape index (κ3) is 5.49. The van der Waals surface area contributed by atoms with Gasteiger partial charge in [0.25, 0.3) is 0 Å². The van der Waals surface area contributed by atoms with Crippen LogP contribution < -0.4 is 11.1 Å². The van der Waals surface area contributed by atoms with Crippen LogP contribution in [0.2, 0.25) is 0 Å². The van der Waals surface area contributed by atoms with Gasteiger partial charge < -0.3 is 16.0 Å². The molecule has 0 atom stereocenters. The second-order valence-electron chi connectivity index (χ2n) is 5.47.